The highest BCUT2D eigenvalue weighted by Crippen LogP contribution is 2.25. The van der Waals surface area contributed by atoms with Crippen LogP contribution in [-0.4, -0.2) is 32.8 Å². The molecule has 156 valence electrons. The third-order valence-electron chi connectivity index (χ3n) is 4.52. The molecule has 0 unspecified atom stereocenters. The summed E-state index contributed by atoms with van der Waals surface area (Å²) in [6, 6.07) is 5.95. The third-order valence-corrected chi connectivity index (χ3v) is 6.28. The van der Waals surface area contributed by atoms with Crippen molar-refractivity contribution < 1.29 is 12.8 Å². The molecule has 0 saturated carbocycles. The summed E-state index contributed by atoms with van der Waals surface area (Å²) in [4.78, 5) is 4.04. The number of hydrogen-bond donors (Lipinski definition) is 1. The Balaban J connectivity index is 1.72. The fraction of sp³-hybridized carbons (Fsp3) is 0.211. The van der Waals surface area contributed by atoms with Crippen molar-refractivity contribution in [3.63, 3.8) is 0 Å². The first-order chi connectivity index (χ1) is 14.3. The molecule has 0 fully saturated rings. The molecule has 3 aromatic heterocycles. The minimum absolute atomic E-state index is 0.0740. The number of halogens is 2. The number of sulfonamides is 1. The minimum Gasteiger partial charge on any atom is -0.276 e. The van der Waals surface area contributed by atoms with Gasteiger partial charge < -0.3 is 0 Å². The van der Waals surface area contributed by atoms with Crippen molar-refractivity contribution >= 4 is 33.0 Å². The largest absolute Gasteiger partial charge is 0.276 e. The maximum Gasteiger partial charge on any atom is 0.265 e. The van der Waals surface area contributed by atoms with Gasteiger partial charge in [-0.25, -0.2) is 27.0 Å². The zero-order chi connectivity index (χ0) is 21.5. The lowest BCUT2D eigenvalue weighted by molar-refractivity contribution is 0.599. The summed E-state index contributed by atoms with van der Waals surface area (Å²) in [5.74, 6) is -0.403. The van der Waals surface area contributed by atoms with Crippen molar-refractivity contribution in [2.24, 2.45) is 0 Å². The molecule has 4 rings (SSSR count). The highest BCUT2D eigenvalue weighted by atomic mass is 35.5. The van der Waals surface area contributed by atoms with Crippen LogP contribution in [0, 0.1) is 12.7 Å². The first-order valence-electron chi connectivity index (χ1n) is 9.16. The van der Waals surface area contributed by atoms with Gasteiger partial charge in [0.05, 0.1) is 41.4 Å². The molecule has 8 nitrogen and oxygen atoms in total. The van der Waals surface area contributed by atoms with E-state index in [4.69, 9.17) is 11.6 Å². The zero-order valence-electron chi connectivity index (χ0n) is 16.2. The average molecular weight is 449 g/mol. The first kappa shape index (κ1) is 20.3. The van der Waals surface area contributed by atoms with E-state index in [1.54, 1.807) is 19.1 Å². The molecule has 0 amide bonds. The maximum absolute atomic E-state index is 13.7. The molecule has 0 radical (unpaired) electrons. The van der Waals surface area contributed by atoms with Gasteiger partial charge in [0.2, 0.25) is 0 Å². The van der Waals surface area contributed by atoms with Gasteiger partial charge in [0.15, 0.2) is 5.65 Å². The van der Waals surface area contributed by atoms with Gasteiger partial charge in [0.1, 0.15) is 15.7 Å². The lowest BCUT2D eigenvalue weighted by Crippen LogP contribution is -2.15. The van der Waals surface area contributed by atoms with Crippen molar-refractivity contribution in [3.8, 4) is 5.69 Å². The van der Waals surface area contributed by atoms with E-state index in [0.29, 0.717) is 39.9 Å². The molecule has 0 aliphatic heterocycles. The van der Waals surface area contributed by atoms with Crippen LogP contribution in [0.1, 0.15) is 24.7 Å². The SMILES string of the molecule is CCCc1c(NS(=O)(=O)c2cnc3c(Cl)c(C)nn3c2)cnn1-c1cccc(F)c1. The molecule has 0 aliphatic rings. The number of hydrogen-bond acceptors (Lipinski definition) is 5. The Bertz CT molecular complexity index is 1350. The molecule has 11 heteroatoms. The van der Waals surface area contributed by atoms with E-state index in [1.807, 2.05) is 6.92 Å². The predicted octanol–water partition coefficient (Wildman–Crippen LogP) is 3.77. The Hall–Kier alpha value is -2.98. The van der Waals surface area contributed by atoms with Gasteiger partial charge >= 0.3 is 0 Å². The highest BCUT2D eigenvalue weighted by molar-refractivity contribution is 7.92. The summed E-state index contributed by atoms with van der Waals surface area (Å²) < 4.78 is 45.0. The quantitative estimate of drug-likeness (QED) is 0.484. The van der Waals surface area contributed by atoms with Crippen LogP contribution in [0.25, 0.3) is 11.3 Å². The molecule has 0 spiro atoms. The smallest absolute Gasteiger partial charge is 0.265 e. The van der Waals surface area contributed by atoms with Crippen LogP contribution in [0.2, 0.25) is 5.02 Å². The van der Waals surface area contributed by atoms with Crippen molar-refractivity contribution in [2.75, 3.05) is 4.72 Å². The van der Waals surface area contributed by atoms with Gasteiger partial charge in [-0.15, -0.1) is 0 Å². The second kappa shape index (κ2) is 7.69. The van der Waals surface area contributed by atoms with Crippen LogP contribution in [0.4, 0.5) is 10.1 Å². The monoisotopic (exact) mass is 448 g/mol. The molecule has 4 aromatic rings. The van der Waals surface area contributed by atoms with E-state index < -0.39 is 15.8 Å². The molecular formula is C19H18ClFN6O2S. The predicted molar refractivity (Wildman–Crippen MR) is 111 cm³/mol. The summed E-state index contributed by atoms with van der Waals surface area (Å²) in [5, 5.41) is 8.80. The maximum atomic E-state index is 13.7. The number of rotatable bonds is 6. The fourth-order valence-corrected chi connectivity index (χ4v) is 4.29. The van der Waals surface area contributed by atoms with E-state index in [2.05, 4.69) is 19.9 Å². The van der Waals surface area contributed by atoms with E-state index in [-0.39, 0.29) is 4.90 Å². The van der Waals surface area contributed by atoms with E-state index in [0.717, 1.165) is 6.42 Å². The van der Waals surface area contributed by atoms with E-state index >= 15 is 0 Å². The molecule has 3 heterocycles. The van der Waals surface area contributed by atoms with Gasteiger partial charge in [-0.05, 0) is 31.5 Å². The molecular weight excluding hydrogens is 431 g/mol. The number of aromatic nitrogens is 5. The molecule has 0 atom stereocenters. The van der Waals surface area contributed by atoms with E-state index in [1.165, 1.54) is 39.9 Å². The van der Waals surface area contributed by atoms with E-state index in [9.17, 15) is 12.8 Å². The number of nitrogens with zero attached hydrogens (tertiary/aromatic N) is 5. The summed E-state index contributed by atoms with van der Waals surface area (Å²) in [7, 11) is -3.97. The minimum atomic E-state index is -3.97. The molecule has 0 aliphatic carbocycles. The molecule has 0 saturated heterocycles. The van der Waals surface area contributed by atoms with Gasteiger partial charge in [0.25, 0.3) is 10.0 Å². The van der Waals surface area contributed by atoms with Crippen LogP contribution in [-0.2, 0) is 16.4 Å². The van der Waals surface area contributed by atoms with Crippen molar-refractivity contribution in [2.45, 2.75) is 31.6 Å². The second-order valence-corrected chi connectivity index (χ2v) is 8.77. The lowest BCUT2D eigenvalue weighted by Gasteiger charge is -2.11. The van der Waals surface area contributed by atoms with Crippen LogP contribution in [0.3, 0.4) is 0 Å². The number of fused-ring (bicyclic) bond motifs is 1. The van der Waals surface area contributed by atoms with Gasteiger partial charge in [-0.2, -0.15) is 10.2 Å². The Morgan fingerprint density at radius 1 is 1.27 bits per heavy atom. The Morgan fingerprint density at radius 2 is 2.07 bits per heavy atom. The third kappa shape index (κ3) is 3.63. The topological polar surface area (TPSA) is 94.2 Å². The Morgan fingerprint density at radius 3 is 2.80 bits per heavy atom. The standard InChI is InChI=1S/C19H18ClFN6O2S/c1-3-5-17-16(10-23-27(17)14-7-4-6-13(21)8-14)25-30(28,29)15-9-22-19-18(20)12(2)24-26(19)11-15/h4,6-11,25H,3,5H2,1-2H3. The van der Waals surface area contributed by atoms with Crippen LogP contribution in [0.15, 0.2) is 47.8 Å². The lowest BCUT2D eigenvalue weighted by atomic mass is 10.2. The fourth-order valence-electron chi connectivity index (χ4n) is 3.11. The molecule has 0 bridgehead atoms. The Kier molecular flexibility index (Phi) is 5.20. The van der Waals surface area contributed by atoms with Gasteiger partial charge in [0, 0.05) is 0 Å². The number of benzene rings is 1. The Labute approximate surface area is 177 Å². The van der Waals surface area contributed by atoms with Crippen LogP contribution >= 0.6 is 11.6 Å². The average Bonchev–Trinajstić information content (AvgIpc) is 3.22. The second-order valence-electron chi connectivity index (χ2n) is 6.71. The van der Waals surface area contributed by atoms with Crippen LogP contribution < -0.4 is 4.72 Å². The first-order valence-corrected chi connectivity index (χ1v) is 11.0. The number of anilines is 1. The van der Waals surface area contributed by atoms with Gasteiger partial charge in [-0.3, -0.25) is 4.72 Å². The number of nitrogens with one attached hydrogen (secondary N) is 1. The molecule has 1 N–H and O–H groups in total. The summed E-state index contributed by atoms with van der Waals surface area (Å²) >= 11 is 6.12. The van der Waals surface area contributed by atoms with Gasteiger partial charge in [-0.1, -0.05) is 31.0 Å². The normalized spacial score (nSPS) is 11.9. The molecule has 30 heavy (non-hydrogen) atoms. The summed E-state index contributed by atoms with van der Waals surface area (Å²) in [6.07, 6.45) is 5.27. The van der Waals surface area contributed by atoms with Crippen molar-refractivity contribution in [3.05, 3.63) is 65.1 Å². The molecule has 1 aromatic carbocycles. The summed E-state index contributed by atoms with van der Waals surface area (Å²) in [6.45, 7) is 3.67. The number of aryl methyl sites for hydroxylation is 1. The van der Waals surface area contributed by atoms with Crippen molar-refractivity contribution in [1.29, 1.82) is 0 Å². The van der Waals surface area contributed by atoms with Crippen LogP contribution in [0.5, 0.6) is 0 Å². The zero-order valence-corrected chi connectivity index (χ0v) is 17.7. The summed E-state index contributed by atoms with van der Waals surface area (Å²) in [5.41, 5.74) is 2.37. The highest BCUT2D eigenvalue weighted by Gasteiger charge is 2.21. The van der Waals surface area contributed by atoms with Crippen molar-refractivity contribution in [1.82, 2.24) is 24.4 Å².